The Bertz CT molecular complexity index is 604. The van der Waals surface area contributed by atoms with Gasteiger partial charge in [0.05, 0.1) is 16.8 Å². The summed E-state index contributed by atoms with van der Waals surface area (Å²) >= 11 is 1.23. The molecular formula is C13H14N2O2S. The minimum absolute atomic E-state index is 0.0134. The Morgan fingerprint density at radius 3 is 2.89 bits per heavy atom. The van der Waals surface area contributed by atoms with E-state index in [0.29, 0.717) is 6.54 Å². The topological polar surface area (TPSA) is 55.1 Å². The van der Waals surface area contributed by atoms with Crippen LogP contribution in [0.1, 0.15) is 6.92 Å². The van der Waals surface area contributed by atoms with Gasteiger partial charge in [-0.1, -0.05) is 36.0 Å². The average molecular weight is 262 g/mol. The van der Waals surface area contributed by atoms with Gasteiger partial charge in [0.15, 0.2) is 5.16 Å². The Morgan fingerprint density at radius 2 is 2.22 bits per heavy atom. The first kappa shape index (κ1) is 12.7. The second-order valence-electron chi connectivity index (χ2n) is 4.11. The average Bonchev–Trinajstić information content (AvgIpc) is 2.64. The summed E-state index contributed by atoms with van der Waals surface area (Å²) in [5.74, 6) is -0.826. The van der Waals surface area contributed by atoms with Crippen molar-refractivity contribution < 1.29 is 9.90 Å². The van der Waals surface area contributed by atoms with Crippen LogP contribution >= 0.6 is 11.8 Å². The van der Waals surface area contributed by atoms with Gasteiger partial charge in [-0.15, -0.1) is 0 Å². The molecule has 0 aliphatic carbocycles. The van der Waals surface area contributed by atoms with Gasteiger partial charge >= 0.3 is 5.97 Å². The lowest BCUT2D eigenvalue weighted by atomic mass is 10.3. The number of aliphatic carboxylic acids is 1. The lowest BCUT2D eigenvalue weighted by Crippen LogP contribution is -2.03. The summed E-state index contributed by atoms with van der Waals surface area (Å²) in [4.78, 5) is 15.1. The maximum atomic E-state index is 10.6. The number of nitrogens with zero attached hydrogens (tertiary/aromatic N) is 2. The number of thioether (sulfide) groups is 1. The van der Waals surface area contributed by atoms with Crippen molar-refractivity contribution in [2.24, 2.45) is 0 Å². The van der Waals surface area contributed by atoms with Crippen molar-refractivity contribution in [3.63, 3.8) is 0 Å². The van der Waals surface area contributed by atoms with Crippen LogP contribution in [0.5, 0.6) is 0 Å². The molecule has 0 unspecified atom stereocenters. The number of rotatable bonds is 5. The molecule has 0 radical (unpaired) electrons. The molecule has 0 fully saturated rings. The molecule has 94 valence electrons. The zero-order chi connectivity index (χ0) is 13.1. The Labute approximate surface area is 109 Å². The lowest BCUT2D eigenvalue weighted by Gasteiger charge is -2.07. The van der Waals surface area contributed by atoms with Crippen molar-refractivity contribution in [2.75, 3.05) is 5.75 Å². The molecular weight excluding hydrogens is 248 g/mol. The lowest BCUT2D eigenvalue weighted by molar-refractivity contribution is -0.133. The first-order valence-corrected chi connectivity index (χ1v) is 6.50. The largest absolute Gasteiger partial charge is 0.481 e. The molecule has 1 N–H and O–H groups in total. The fourth-order valence-corrected chi connectivity index (χ4v) is 2.45. The molecule has 0 saturated heterocycles. The molecule has 0 spiro atoms. The molecule has 1 aromatic heterocycles. The highest BCUT2D eigenvalue weighted by Gasteiger charge is 2.12. The highest BCUT2D eigenvalue weighted by atomic mass is 32.2. The molecule has 0 amide bonds. The number of aromatic nitrogens is 2. The smallest absolute Gasteiger partial charge is 0.313 e. The van der Waals surface area contributed by atoms with E-state index in [2.05, 4.69) is 11.6 Å². The van der Waals surface area contributed by atoms with Crippen molar-refractivity contribution in [1.82, 2.24) is 9.55 Å². The molecule has 1 heterocycles. The summed E-state index contributed by atoms with van der Waals surface area (Å²) in [6, 6.07) is 7.78. The third-order valence-corrected chi connectivity index (χ3v) is 3.33. The van der Waals surface area contributed by atoms with Gasteiger partial charge in [0.2, 0.25) is 0 Å². The second-order valence-corrected chi connectivity index (χ2v) is 5.05. The normalized spacial score (nSPS) is 10.7. The molecule has 5 heteroatoms. The fourth-order valence-electron chi connectivity index (χ4n) is 1.71. The zero-order valence-corrected chi connectivity index (χ0v) is 10.9. The summed E-state index contributed by atoms with van der Waals surface area (Å²) < 4.78 is 2.01. The molecule has 0 aliphatic heterocycles. The minimum Gasteiger partial charge on any atom is -0.481 e. The Balaban J connectivity index is 2.42. The Kier molecular flexibility index (Phi) is 3.72. The molecule has 0 saturated carbocycles. The first-order valence-electron chi connectivity index (χ1n) is 5.52. The third-order valence-electron chi connectivity index (χ3n) is 2.37. The predicted octanol–water partition coefficient (Wildman–Crippen LogP) is 2.79. The molecule has 2 rings (SSSR count). The predicted molar refractivity (Wildman–Crippen MR) is 72.9 cm³/mol. The van der Waals surface area contributed by atoms with Gasteiger partial charge in [0, 0.05) is 6.54 Å². The molecule has 0 bridgehead atoms. The summed E-state index contributed by atoms with van der Waals surface area (Å²) in [5, 5.41) is 9.47. The monoisotopic (exact) mass is 262 g/mol. The standard InChI is InChI=1S/C13H14N2O2S/c1-9(2)7-15-11-6-4-3-5-10(11)14-13(15)18-8-12(16)17/h3-6H,1,7-8H2,2H3,(H,16,17). The summed E-state index contributed by atoms with van der Waals surface area (Å²) in [6.07, 6.45) is 0. The van der Waals surface area contributed by atoms with Crippen LogP contribution in [-0.2, 0) is 11.3 Å². The van der Waals surface area contributed by atoms with Crippen LogP contribution in [0.15, 0.2) is 41.6 Å². The van der Waals surface area contributed by atoms with Gasteiger partial charge < -0.3 is 9.67 Å². The van der Waals surface area contributed by atoms with Crippen molar-refractivity contribution in [3.8, 4) is 0 Å². The van der Waals surface area contributed by atoms with Crippen LogP contribution in [0.25, 0.3) is 11.0 Å². The van der Waals surface area contributed by atoms with Crippen LogP contribution in [0.3, 0.4) is 0 Å². The Morgan fingerprint density at radius 1 is 1.50 bits per heavy atom. The number of hydrogen-bond donors (Lipinski definition) is 1. The third kappa shape index (κ3) is 2.73. The van der Waals surface area contributed by atoms with E-state index in [0.717, 1.165) is 21.8 Å². The molecule has 0 aliphatic rings. The molecule has 18 heavy (non-hydrogen) atoms. The van der Waals surface area contributed by atoms with E-state index >= 15 is 0 Å². The van der Waals surface area contributed by atoms with Gasteiger partial charge in [-0.25, -0.2) is 4.98 Å². The van der Waals surface area contributed by atoms with Crippen molar-refractivity contribution >= 4 is 28.8 Å². The number of carboxylic acid groups (broad SMARTS) is 1. The van der Waals surface area contributed by atoms with E-state index < -0.39 is 5.97 Å². The zero-order valence-electron chi connectivity index (χ0n) is 10.1. The summed E-state index contributed by atoms with van der Waals surface area (Å²) in [5.41, 5.74) is 2.90. The number of carbonyl (C=O) groups is 1. The molecule has 2 aromatic rings. The first-order chi connectivity index (χ1) is 8.58. The number of carboxylic acids is 1. The highest BCUT2D eigenvalue weighted by molar-refractivity contribution is 7.99. The SMILES string of the molecule is C=C(C)Cn1c(SCC(=O)O)nc2ccccc21. The summed E-state index contributed by atoms with van der Waals surface area (Å²) in [6.45, 7) is 6.50. The highest BCUT2D eigenvalue weighted by Crippen LogP contribution is 2.24. The van der Waals surface area contributed by atoms with E-state index in [4.69, 9.17) is 5.11 Å². The van der Waals surface area contributed by atoms with Gasteiger partial charge in [-0.3, -0.25) is 4.79 Å². The van der Waals surface area contributed by atoms with Crippen LogP contribution < -0.4 is 0 Å². The van der Waals surface area contributed by atoms with Crippen LogP contribution in [0.2, 0.25) is 0 Å². The number of imidazole rings is 1. The van der Waals surface area contributed by atoms with Gasteiger partial charge in [0.1, 0.15) is 0 Å². The van der Waals surface area contributed by atoms with E-state index in [1.165, 1.54) is 11.8 Å². The van der Waals surface area contributed by atoms with Crippen molar-refractivity contribution in [2.45, 2.75) is 18.6 Å². The number of fused-ring (bicyclic) bond motifs is 1. The number of hydrogen-bond acceptors (Lipinski definition) is 3. The second kappa shape index (κ2) is 5.27. The number of allylic oxidation sites excluding steroid dienone is 1. The molecule has 0 atom stereocenters. The minimum atomic E-state index is -0.839. The maximum absolute atomic E-state index is 10.6. The van der Waals surface area contributed by atoms with E-state index in [9.17, 15) is 4.79 Å². The van der Waals surface area contributed by atoms with Crippen LogP contribution in [0, 0.1) is 0 Å². The van der Waals surface area contributed by atoms with E-state index in [1.807, 2.05) is 35.8 Å². The quantitative estimate of drug-likeness (QED) is 0.665. The molecule has 4 nitrogen and oxygen atoms in total. The Hall–Kier alpha value is -1.75. The van der Waals surface area contributed by atoms with Crippen molar-refractivity contribution in [3.05, 3.63) is 36.4 Å². The van der Waals surface area contributed by atoms with E-state index in [1.54, 1.807) is 0 Å². The van der Waals surface area contributed by atoms with Crippen molar-refractivity contribution in [1.29, 1.82) is 0 Å². The van der Waals surface area contributed by atoms with E-state index in [-0.39, 0.29) is 5.75 Å². The van der Waals surface area contributed by atoms with Gasteiger partial charge in [0.25, 0.3) is 0 Å². The van der Waals surface area contributed by atoms with Gasteiger partial charge in [-0.2, -0.15) is 0 Å². The number of benzene rings is 1. The maximum Gasteiger partial charge on any atom is 0.313 e. The van der Waals surface area contributed by atoms with Crippen LogP contribution in [0.4, 0.5) is 0 Å². The van der Waals surface area contributed by atoms with Crippen LogP contribution in [-0.4, -0.2) is 26.4 Å². The molecule has 1 aromatic carbocycles. The summed E-state index contributed by atoms with van der Waals surface area (Å²) in [7, 11) is 0. The van der Waals surface area contributed by atoms with Gasteiger partial charge in [-0.05, 0) is 19.1 Å². The fraction of sp³-hybridized carbons (Fsp3) is 0.231. The number of para-hydroxylation sites is 2.